The van der Waals surface area contributed by atoms with E-state index in [0.717, 1.165) is 12.0 Å². The first-order valence-corrected chi connectivity index (χ1v) is 8.34. The standard InChI is InChI=1S/C18H23N3O3/c1-13(2)15-6-3-5-14(9-15)11-21-12-16(19-20-21)10-18(17(22)23)7-4-8-24-18/h3,5-6,9,12-13H,4,7-8,10-11H2,1-2H3,(H,22,23). The molecule has 0 aliphatic carbocycles. The van der Waals surface area contributed by atoms with E-state index in [-0.39, 0.29) is 6.42 Å². The molecule has 3 rings (SSSR count). The average Bonchev–Trinajstić information content (AvgIpc) is 3.18. The Bertz CT molecular complexity index is 718. The Labute approximate surface area is 141 Å². The predicted molar refractivity (Wildman–Crippen MR) is 88.9 cm³/mol. The van der Waals surface area contributed by atoms with Gasteiger partial charge >= 0.3 is 5.97 Å². The SMILES string of the molecule is CC(C)c1cccc(Cn2cc(CC3(C(=O)O)CCCO3)nn2)c1. The van der Waals surface area contributed by atoms with Gasteiger partial charge in [0.2, 0.25) is 0 Å². The fraction of sp³-hybridized carbons (Fsp3) is 0.500. The quantitative estimate of drug-likeness (QED) is 0.881. The first-order chi connectivity index (χ1) is 11.5. The molecule has 1 aromatic carbocycles. The first kappa shape index (κ1) is 16.6. The highest BCUT2D eigenvalue weighted by Crippen LogP contribution is 2.29. The molecule has 0 spiro atoms. The summed E-state index contributed by atoms with van der Waals surface area (Å²) in [7, 11) is 0. The van der Waals surface area contributed by atoms with Gasteiger partial charge < -0.3 is 9.84 Å². The molecule has 1 unspecified atom stereocenters. The summed E-state index contributed by atoms with van der Waals surface area (Å²) in [5.41, 5.74) is 1.96. The number of carboxylic acid groups (broad SMARTS) is 1. The van der Waals surface area contributed by atoms with E-state index in [4.69, 9.17) is 4.74 Å². The molecule has 0 saturated carbocycles. The minimum atomic E-state index is -1.14. The van der Waals surface area contributed by atoms with Crippen LogP contribution in [0.3, 0.4) is 0 Å². The molecule has 0 radical (unpaired) electrons. The monoisotopic (exact) mass is 329 g/mol. The lowest BCUT2D eigenvalue weighted by molar-refractivity contribution is -0.160. The lowest BCUT2D eigenvalue weighted by Gasteiger charge is -2.21. The van der Waals surface area contributed by atoms with E-state index in [1.807, 2.05) is 12.3 Å². The topological polar surface area (TPSA) is 77.2 Å². The molecule has 0 amide bonds. The highest BCUT2D eigenvalue weighted by molar-refractivity contribution is 5.78. The van der Waals surface area contributed by atoms with Crippen LogP contribution < -0.4 is 0 Å². The van der Waals surface area contributed by atoms with Crippen molar-refractivity contribution in [2.75, 3.05) is 6.61 Å². The van der Waals surface area contributed by atoms with Crippen LogP contribution in [0.15, 0.2) is 30.5 Å². The third kappa shape index (κ3) is 3.48. The summed E-state index contributed by atoms with van der Waals surface area (Å²) in [6, 6.07) is 8.40. The molecule has 128 valence electrons. The van der Waals surface area contributed by atoms with Crippen molar-refractivity contribution in [2.45, 2.75) is 51.2 Å². The maximum Gasteiger partial charge on any atom is 0.336 e. The number of carboxylic acids is 1. The van der Waals surface area contributed by atoms with Crippen LogP contribution in [0.1, 0.15) is 49.4 Å². The Morgan fingerprint density at radius 3 is 2.96 bits per heavy atom. The maximum atomic E-state index is 11.5. The second-order valence-electron chi connectivity index (χ2n) is 6.74. The molecular formula is C18H23N3O3. The van der Waals surface area contributed by atoms with Gasteiger partial charge in [0.1, 0.15) is 0 Å². The third-order valence-electron chi connectivity index (χ3n) is 4.51. The van der Waals surface area contributed by atoms with Crippen molar-refractivity contribution in [3.63, 3.8) is 0 Å². The molecule has 1 fully saturated rings. The van der Waals surface area contributed by atoms with Gasteiger partial charge in [-0.25, -0.2) is 9.48 Å². The smallest absolute Gasteiger partial charge is 0.336 e. The second kappa shape index (κ2) is 6.73. The number of nitrogens with zero attached hydrogens (tertiary/aromatic N) is 3. The number of hydrogen-bond acceptors (Lipinski definition) is 4. The van der Waals surface area contributed by atoms with Crippen LogP contribution in [-0.2, 0) is 22.5 Å². The molecular weight excluding hydrogens is 306 g/mol. The summed E-state index contributed by atoms with van der Waals surface area (Å²) in [6.45, 7) is 5.44. The van der Waals surface area contributed by atoms with Crippen molar-refractivity contribution in [1.29, 1.82) is 0 Å². The molecule has 6 heteroatoms. The summed E-state index contributed by atoms with van der Waals surface area (Å²) < 4.78 is 7.25. The second-order valence-corrected chi connectivity index (χ2v) is 6.74. The summed E-state index contributed by atoms with van der Waals surface area (Å²) in [5, 5.41) is 17.7. The van der Waals surface area contributed by atoms with Gasteiger partial charge in [0.15, 0.2) is 5.60 Å². The van der Waals surface area contributed by atoms with Crippen molar-refractivity contribution in [3.05, 3.63) is 47.3 Å². The van der Waals surface area contributed by atoms with Crippen LogP contribution in [0.2, 0.25) is 0 Å². The molecule has 6 nitrogen and oxygen atoms in total. The van der Waals surface area contributed by atoms with Crippen molar-refractivity contribution in [1.82, 2.24) is 15.0 Å². The van der Waals surface area contributed by atoms with E-state index < -0.39 is 11.6 Å². The molecule has 1 aliphatic rings. The molecule has 2 aromatic rings. The van der Waals surface area contributed by atoms with E-state index in [1.54, 1.807) is 4.68 Å². The molecule has 24 heavy (non-hydrogen) atoms. The molecule has 1 saturated heterocycles. The van der Waals surface area contributed by atoms with Crippen molar-refractivity contribution >= 4 is 5.97 Å². The van der Waals surface area contributed by atoms with Gasteiger partial charge in [0.25, 0.3) is 0 Å². The minimum Gasteiger partial charge on any atom is -0.479 e. The highest BCUT2D eigenvalue weighted by atomic mass is 16.5. The predicted octanol–water partition coefficient (Wildman–Crippen LogP) is 2.63. The molecule has 0 bridgehead atoms. The Kier molecular flexibility index (Phi) is 4.66. The lowest BCUT2D eigenvalue weighted by atomic mass is 9.95. The Morgan fingerprint density at radius 1 is 1.46 bits per heavy atom. The summed E-state index contributed by atoms with van der Waals surface area (Å²) >= 11 is 0. The number of aliphatic carboxylic acids is 1. The average molecular weight is 329 g/mol. The number of rotatable bonds is 6. The first-order valence-electron chi connectivity index (χ1n) is 8.34. The zero-order valence-electron chi connectivity index (χ0n) is 14.1. The fourth-order valence-corrected chi connectivity index (χ4v) is 3.11. The normalized spacial score (nSPS) is 20.6. The fourth-order valence-electron chi connectivity index (χ4n) is 3.11. The molecule has 2 heterocycles. The Hall–Kier alpha value is -2.21. The van der Waals surface area contributed by atoms with Gasteiger partial charge in [-0.15, -0.1) is 5.10 Å². The van der Waals surface area contributed by atoms with Crippen LogP contribution >= 0.6 is 0 Å². The van der Waals surface area contributed by atoms with Crippen molar-refractivity contribution in [2.24, 2.45) is 0 Å². The Morgan fingerprint density at radius 2 is 2.29 bits per heavy atom. The number of ether oxygens (including phenoxy) is 1. The van der Waals surface area contributed by atoms with Gasteiger partial charge in [-0.1, -0.05) is 43.3 Å². The number of carbonyl (C=O) groups is 1. The van der Waals surface area contributed by atoms with Gasteiger partial charge in [-0.05, 0) is 29.9 Å². The van der Waals surface area contributed by atoms with Gasteiger partial charge in [-0.3, -0.25) is 0 Å². The summed E-state index contributed by atoms with van der Waals surface area (Å²) in [4.78, 5) is 11.5. The number of benzene rings is 1. The van der Waals surface area contributed by atoms with Gasteiger partial charge in [0, 0.05) is 19.2 Å². The van der Waals surface area contributed by atoms with E-state index >= 15 is 0 Å². The van der Waals surface area contributed by atoms with E-state index in [0.29, 0.717) is 31.2 Å². The van der Waals surface area contributed by atoms with E-state index in [1.165, 1.54) is 5.56 Å². The largest absolute Gasteiger partial charge is 0.479 e. The van der Waals surface area contributed by atoms with Crippen LogP contribution in [0.5, 0.6) is 0 Å². The molecule has 1 aromatic heterocycles. The van der Waals surface area contributed by atoms with E-state index in [9.17, 15) is 9.90 Å². The summed E-state index contributed by atoms with van der Waals surface area (Å²) in [5.74, 6) is -0.439. The van der Waals surface area contributed by atoms with Crippen molar-refractivity contribution < 1.29 is 14.6 Å². The van der Waals surface area contributed by atoms with E-state index in [2.05, 4.69) is 42.4 Å². The third-order valence-corrected chi connectivity index (χ3v) is 4.51. The zero-order chi connectivity index (χ0) is 17.2. The van der Waals surface area contributed by atoms with Crippen molar-refractivity contribution in [3.8, 4) is 0 Å². The highest BCUT2D eigenvalue weighted by Gasteiger charge is 2.43. The molecule has 1 atom stereocenters. The van der Waals surface area contributed by atoms with Gasteiger partial charge in [0.05, 0.1) is 12.2 Å². The van der Waals surface area contributed by atoms with Crippen LogP contribution in [-0.4, -0.2) is 38.3 Å². The number of aromatic nitrogens is 3. The molecule has 1 N–H and O–H groups in total. The minimum absolute atomic E-state index is 0.258. The Balaban J connectivity index is 1.72. The van der Waals surface area contributed by atoms with Crippen LogP contribution in [0.4, 0.5) is 0 Å². The zero-order valence-corrected chi connectivity index (χ0v) is 14.1. The molecule has 1 aliphatic heterocycles. The van der Waals surface area contributed by atoms with Crippen LogP contribution in [0.25, 0.3) is 0 Å². The number of hydrogen-bond donors (Lipinski definition) is 1. The summed E-state index contributed by atoms with van der Waals surface area (Å²) in [6.07, 6.45) is 3.36. The lowest BCUT2D eigenvalue weighted by Crippen LogP contribution is -2.40. The van der Waals surface area contributed by atoms with Crippen LogP contribution in [0, 0.1) is 0 Å². The van der Waals surface area contributed by atoms with Gasteiger partial charge in [-0.2, -0.15) is 0 Å². The maximum absolute atomic E-state index is 11.5.